The van der Waals surface area contributed by atoms with E-state index >= 15 is 0 Å². The fraction of sp³-hybridized carbons (Fsp3) is 0.400. The molecule has 0 aromatic heterocycles. The summed E-state index contributed by atoms with van der Waals surface area (Å²) in [5.74, 6) is 0. The molecule has 0 saturated carbocycles. The van der Waals surface area contributed by atoms with Crippen molar-refractivity contribution in [3.63, 3.8) is 0 Å². The monoisotopic (exact) mass is 207 g/mol. The van der Waals surface area contributed by atoms with Crippen molar-refractivity contribution in [2.45, 2.75) is 25.3 Å². The summed E-state index contributed by atoms with van der Waals surface area (Å²) in [4.78, 5) is 0. The van der Waals surface area contributed by atoms with Crippen molar-refractivity contribution in [3.8, 4) is 0 Å². The minimum Gasteiger partial charge on any atom is -0.256 e. The maximum atomic E-state index is 4.11. The van der Waals surface area contributed by atoms with Gasteiger partial charge in [-0.15, -0.1) is 0 Å². The maximum absolute atomic E-state index is 4.11. The Hall–Kier alpha value is -1.03. The zero-order chi connectivity index (χ0) is 9.97. The number of benzene rings is 1. The van der Waals surface area contributed by atoms with Gasteiger partial charge in [0.2, 0.25) is 0 Å². The fourth-order valence-corrected chi connectivity index (χ4v) is 2.29. The molecule has 1 aliphatic heterocycles. The SMILES string of the molecule is CC(C)N1N=NSC1c1ccccc1. The molecular formula is C10H13N3S. The molecule has 0 spiro atoms. The van der Waals surface area contributed by atoms with Crippen LogP contribution in [0.4, 0.5) is 0 Å². The molecule has 1 aromatic carbocycles. The minimum atomic E-state index is 0.246. The Kier molecular flexibility index (Phi) is 2.72. The number of nitrogens with zero attached hydrogens (tertiary/aromatic N) is 3. The fourth-order valence-electron chi connectivity index (χ4n) is 1.41. The van der Waals surface area contributed by atoms with Crippen LogP contribution in [0.15, 0.2) is 40.1 Å². The molecule has 3 nitrogen and oxygen atoms in total. The zero-order valence-electron chi connectivity index (χ0n) is 8.29. The molecule has 1 atom stereocenters. The summed E-state index contributed by atoms with van der Waals surface area (Å²) in [5, 5.41) is 6.39. The molecule has 74 valence electrons. The molecule has 0 radical (unpaired) electrons. The van der Waals surface area contributed by atoms with E-state index in [1.807, 2.05) is 23.2 Å². The zero-order valence-corrected chi connectivity index (χ0v) is 9.11. The molecule has 1 aliphatic rings. The van der Waals surface area contributed by atoms with Crippen LogP contribution in [-0.4, -0.2) is 11.1 Å². The van der Waals surface area contributed by atoms with E-state index in [0.717, 1.165) is 0 Å². The Morgan fingerprint density at radius 1 is 1.29 bits per heavy atom. The Balaban J connectivity index is 2.20. The standard InChI is InChI=1S/C10H13N3S/c1-8(2)13-10(14-12-11-13)9-6-4-3-5-7-9/h3-8,10H,1-2H3. The molecule has 4 heteroatoms. The predicted molar refractivity (Wildman–Crippen MR) is 58.6 cm³/mol. The van der Waals surface area contributed by atoms with E-state index in [1.165, 1.54) is 17.5 Å². The predicted octanol–water partition coefficient (Wildman–Crippen LogP) is 3.42. The van der Waals surface area contributed by atoms with Crippen molar-refractivity contribution >= 4 is 11.9 Å². The highest BCUT2D eigenvalue weighted by molar-refractivity contribution is 7.98. The molecule has 0 aliphatic carbocycles. The van der Waals surface area contributed by atoms with Gasteiger partial charge in [0.05, 0.1) is 0 Å². The van der Waals surface area contributed by atoms with Gasteiger partial charge in [0.25, 0.3) is 0 Å². The molecule has 0 saturated heterocycles. The number of hydrogen-bond acceptors (Lipinski definition) is 4. The second-order valence-electron chi connectivity index (χ2n) is 3.51. The molecule has 0 N–H and O–H groups in total. The molecule has 1 heterocycles. The summed E-state index contributed by atoms with van der Waals surface area (Å²) in [6, 6.07) is 10.7. The van der Waals surface area contributed by atoms with Crippen molar-refractivity contribution in [2.75, 3.05) is 0 Å². The summed E-state index contributed by atoms with van der Waals surface area (Å²) < 4.78 is 4.01. The second kappa shape index (κ2) is 4.00. The van der Waals surface area contributed by atoms with Crippen LogP contribution in [-0.2, 0) is 0 Å². The van der Waals surface area contributed by atoms with Crippen LogP contribution in [0.3, 0.4) is 0 Å². The lowest BCUT2D eigenvalue weighted by Gasteiger charge is -2.24. The van der Waals surface area contributed by atoms with Crippen LogP contribution in [0.1, 0.15) is 24.8 Å². The summed E-state index contributed by atoms with van der Waals surface area (Å²) in [6.07, 6.45) is 0. The van der Waals surface area contributed by atoms with Crippen molar-refractivity contribution in [1.29, 1.82) is 0 Å². The van der Waals surface area contributed by atoms with Gasteiger partial charge in [-0.1, -0.05) is 40.1 Å². The van der Waals surface area contributed by atoms with Crippen LogP contribution in [0.5, 0.6) is 0 Å². The van der Waals surface area contributed by atoms with Gasteiger partial charge in [-0.2, -0.15) is 0 Å². The van der Waals surface area contributed by atoms with Gasteiger partial charge >= 0.3 is 0 Å². The summed E-state index contributed by atoms with van der Waals surface area (Å²) in [6.45, 7) is 4.25. The normalized spacial score (nSPS) is 20.8. The van der Waals surface area contributed by atoms with Crippen LogP contribution in [0.25, 0.3) is 0 Å². The Morgan fingerprint density at radius 3 is 2.64 bits per heavy atom. The van der Waals surface area contributed by atoms with Gasteiger partial charge < -0.3 is 0 Å². The van der Waals surface area contributed by atoms with Crippen molar-refractivity contribution in [1.82, 2.24) is 5.01 Å². The lowest BCUT2D eigenvalue weighted by atomic mass is 10.2. The minimum absolute atomic E-state index is 0.246. The van der Waals surface area contributed by atoms with E-state index in [-0.39, 0.29) is 5.37 Å². The van der Waals surface area contributed by atoms with Crippen molar-refractivity contribution < 1.29 is 0 Å². The Bertz CT molecular complexity index is 323. The molecule has 0 fully saturated rings. The smallest absolute Gasteiger partial charge is 0.143 e. The second-order valence-corrected chi connectivity index (χ2v) is 4.33. The van der Waals surface area contributed by atoms with E-state index in [2.05, 4.69) is 35.7 Å². The first-order chi connectivity index (χ1) is 6.79. The first-order valence-electron chi connectivity index (χ1n) is 4.69. The van der Waals surface area contributed by atoms with E-state index in [9.17, 15) is 0 Å². The topological polar surface area (TPSA) is 28.0 Å². The molecule has 0 bridgehead atoms. The third kappa shape index (κ3) is 1.75. The van der Waals surface area contributed by atoms with Crippen LogP contribution < -0.4 is 0 Å². The highest BCUT2D eigenvalue weighted by atomic mass is 32.2. The maximum Gasteiger partial charge on any atom is 0.143 e. The first-order valence-corrected chi connectivity index (χ1v) is 5.53. The van der Waals surface area contributed by atoms with Crippen molar-refractivity contribution in [3.05, 3.63) is 35.9 Å². The van der Waals surface area contributed by atoms with E-state index in [1.54, 1.807) is 0 Å². The van der Waals surface area contributed by atoms with Crippen molar-refractivity contribution in [2.24, 2.45) is 9.74 Å². The Labute approximate surface area is 88.3 Å². The van der Waals surface area contributed by atoms with Crippen LogP contribution in [0.2, 0.25) is 0 Å². The Morgan fingerprint density at radius 2 is 2.00 bits per heavy atom. The quantitative estimate of drug-likeness (QED) is 0.695. The highest BCUT2D eigenvalue weighted by Crippen LogP contribution is 2.40. The van der Waals surface area contributed by atoms with E-state index in [0.29, 0.717) is 6.04 Å². The average molecular weight is 207 g/mol. The summed E-state index contributed by atoms with van der Waals surface area (Å²) in [5.41, 5.74) is 1.26. The van der Waals surface area contributed by atoms with Gasteiger partial charge in [0, 0.05) is 18.0 Å². The molecule has 0 amide bonds. The van der Waals surface area contributed by atoms with E-state index in [4.69, 9.17) is 0 Å². The third-order valence-corrected chi connectivity index (χ3v) is 3.00. The average Bonchev–Trinajstić information content (AvgIpc) is 2.67. The first kappa shape index (κ1) is 9.52. The lowest BCUT2D eigenvalue weighted by Crippen LogP contribution is -2.25. The van der Waals surface area contributed by atoms with Gasteiger partial charge in [-0.3, -0.25) is 5.01 Å². The van der Waals surface area contributed by atoms with Crippen LogP contribution in [0, 0.1) is 0 Å². The largest absolute Gasteiger partial charge is 0.256 e. The molecule has 1 unspecified atom stereocenters. The molecule has 1 aromatic rings. The third-order valence-electron chi connectivity index (χ3n) is 2.14. The van der Waals surface area contributed by atoms with Gasteiger partial charge in [0.1, 0.15) is 5.37 Å². The molecule has 14 heavy (non-hydrogen) atoms. The van der Waals surface area contributed by atoms with Gasteiger partial charge in [-0.25, -0.2) is 0 Å². The number of hydrogen-bond donors (Lipinski definition) is 0. The molecular weight excluding hydrogens is 194 g/mol. The highest BCUT2D eigenvalue weighted by Gasteiger charge is 2.26. The lowest BCUT2D eigenvalue weighted by molar-refractivity contribution is 0.215. The summed E-state index contributed by atoms with van der Waals surface area (Å²) in [7, 11) is 0. The molecule has 2 rings (SSSR count). The van der Waals surface area contributed by atoms with Gasteiger partial charge in [-0.05, 0) is 19.4 Å². The van der Waals surface area contributed by atoms with E-state index < -0.39 is 0 Å². The van der Waals surface area contributed by atoms with Crippen LogP contribution >= 0.6 is 11.9 Å². The summed E-state index contributed by atoms with van der Waals surface area (Å²) >= 11 is 1.52. The van der Waals surface area contributed by atoms with Gasteiger partial charge in [0.15, 0.2) is 0 Å². The number of rotatable bonds is 2.